The molecule has 0 atom stereocenters. The van der Waals surface area contributed by atoms with E-state index in [1.165, 1.54) is 6.07 Å². The summed E-state index contributed by atoms with van der Waals surface area (Å²) in [5.74, 6) is 0. The highest BCUT2D eigenvalue weighted by Crippen LogP contribution is 2.33. The molecule has 0 bridgehead atoms. The molecule has 0 spiro atoms. The maximum atomic E-state index is 12.4. The van der Waals surface area contributed by atoms with Crippen molar-refractivity contribution >= 4 is 17.3 Å². The van der Waals surface area contributed by atoms with Gasteiger partial charge in [0.05, 0.1) is 36.1 Å². The second-order valence-corrected chi connectivity index (χ2v) is 4.13. The summed E-state index contributed by atoms with van der Waals surface area (Å²) < 4.78 is 47.2. The first-order chi connectivity index (χ1) is 8.95. The van der Waals surface area contributed by atoms with E-state index >= 15 is 0 Å². The van der Waals surface area contributed by atoms with Crippen LogP contribution in [0.1, 0.15) is 5.56 Å². The van der Waals surface area contributed by atoms with Crippen molar-refractivity contribution in [1.82, 2.24) is 0 Å². The second kappa shape index (κ2) is 7.57. The van der Waals surface area contributed by atoms with Crippen LogP contribution in [0.5, 0.6) is 0 Å². The standard InChI is InChI=1S/C12H15ClF3NO2/c1-18-6-7-19-5-4-17-11-3-2-9(8-10(11)13)12(14,15)16/h2-3,8,17H,4-7H2,1H3. The van der Waals surface area contributed by atoms with Crippen molar-refractivity contribution in [3.8, 4) is 0 Å². The fourth-order valence-electron chi connectivity index (χ4n) is 1.34. The molecule has 0 heterocycles. The maximum absolute atomic E-state index is 12.4. The van der Waals surface area contributed by atoms with Crippen molar-refractivity contribution in [2.75, 3.05) is 38.8 Å². The van der Waals surface area contributed by atoms with Gasteiger partial charge in [-0.05, 0) is 18.2 Å². The zero-order valence-corrected chi connectivity index (χ0v) is 11.1. The van der Waals surface area contributed by atoms with Crippen LogP contribution in [0.15, 0.2) is 18.2 Å². The average molecular weight is 298 g/mol. The van der Waals surface area contributed by atoms with Gasteiger partial charge in [0.1, 0.15) is 0 Å². The van der Waals surface area contributed by atoms with Gasteiger partial charge in [0.2, 0.25) is 0 Å². The molecule has 0 fully saturated rings. The Morgan fingerprint density at radius 1 is 1.21 bits per heavy atom. The topological polar surface area (TPSA) is 30.5 Å². The van der Waals surface area contributed by atoms with E-state index < -0.39 is 11.7 Å². The normalized spacial score (nSPS) is 11.6. The van der Waals surface area contributed by atoms with Crippen molar-refractivity contribution in [2.45, 2.75) is 6.18 Å². The van der Waals surface area contributed by atoms with Gasteiger partial charge in [-0.2, -0.15) is 13.2 Å². The molecule has 7 heteroatoms. The van der Waals surface area contributed by atoms with Crippen molar-refractivity contribution in [1.29, 1.82) is 0 Å². The van der Waals surface area contributed by atoms with Gasteiger partial charge < -0.3 is 14.8 Å². The quantitative estimate of drug-likeness (QED) is 0.782. The molecule has 108 valence electrons. The monoisotopic (exact) mass is 297 g/mol. The fourth-order valence-corrected chi connectivity index (χ4v) is 1.58. The molecule has 0 aliphatic rings. The van der Waals surface area contributed by atoms with E-state index in [1.807, 2.05) is 0 Å². The van der Waals surface area contributed by atoms with Crippen LogP contribution in [0, 0.1) is 0 Å². The number of halogens is 4. The lowest BCUT2D eigenvalue weighted by molar-refractivity contribution is -0.137. The molecule has 0 saturated carbocycles. The molecule has 0 aliphatic carbocycles. The van der Waals surface area contributed by atoms with Crippen LogP contribution in [0.25, 0.3) is 0 Å². The van der Waals surface area contributed by atoms with Crippen molar-refractivity contribution in [2.24, 2.45) is 0 Å². The lowest BCUT2D eigenvalue weighted by Crippen LogP contribution is -2.12. The Morgan fingerprint density at radius 3 is 2.53 bits per heavy atom. The Hall–Kier alpha value is -0.980. The number of benzene rings is 1. The smallest absolute Gasteiger partial charge is 0.382 e. The van der Waals surface area contributed by atoms with Gasteiger partial charge >= 0.3 is 6.18 Å². The maximum Gasteiger partial charge on any atom is 0.416 e. The van der Waals surface area contributed by atoms with Crippen LogP contribution < -0.4 is 5.32 Å². The van der Waals surface area contributed by atoms with Gasteiger partial charge in [0, 0.05) is 13.7 Å². The molecular weight excluding hydrogens is 283 g/mol. The van der Waals surface area contributed by atoms with E-state index in [2.05, 4.69) is 5.32 Å². The summed E-state index contributed by atoms with van der Waals surface area (Å²) >= 11 is 5.77. The minimum Gasteiger partial charge on any atom is -0.382 e. The first-order valence-corrected chi connectivity index (χ1v) is 6.00. The lowest BCUT2D eigenvalue weighted by Gasteiger charge is -2.12. The van der Waals surface area contributed by atoms with E-state index in [0.29, 0.717) is 32.1 Å². The summed E-state index contributed by atoms with van der Waals surface area (Å²) in [4.78, 5) is 0. The number of nitrogens with one attached hydrogen (secondary N) is 1. The molecule has 0 saturated heterocycles. The number of methoxy groups -OCH3 is 1. The zero-order chi connectivity index (χ0) is 14.3. The molecule has 0 radical (unpaired) electrons. The molecule has 0 amide bonds. The summed E-state index contributed by atoms with van der Waals surface area (Å²) in [5, 5.41) is 2.94. The van der Waals surface area contributed by atoms with Gasteiger partial charge in [-0.1, -0.05) is 11.6 Å². The molecule has 1 aromatic rings. The number of anilines is 1. The molecule has 0 aliphatic heterocycles. The van der Waals surface area contributed by atoms with Crippen LogP contribution in [0.4, 0.5) is 18.9 Å². The van der Waals surface area contributed by atoms with Crippen molar-refractivity contribution < 1.29 is 22.6 Å². The summed E-state index contributed by atoms with van der Waals surface area (Å²) in [6.07, 6.45) is -4.38. The Labute approximate surface area is 114 Å². The minimum absolute atomic E-state index is 0.0340. The SMILES string of the molecule is COCCOCCNc1ccc(C(F)(F)F)cc1Cl. The van der Waals surface area contributed by atoms with Crippen molar-refractivity contribution in [3.05, 3.63) is 28.8 Å². The number of alkyl halides is 3. The highest BCUT2D eigenvalue weighted by molar-refractivity contribution is 6.33. The van der Waals surface area contributed by atoms with Gasteiger partial charge in [-0.25, -0.2) is 0 Å². The summed E-state index contributed by atoms with van der Waals surface area (Å²) in [6.45, 7) is 1.84. The zero-order valence-electron chi connectivity index (χ0n) is 10.4. The molecule has 0 aromatic heterocycles. The highest BCUT2D eigenvalue weighted by atomic mass is 35.5. The van der Waals surface area contributed by atoms with Gasteiger partial charge in [0.15, 0.2) is 0 Å². The van der Waals surface area contributed by atoms with Crippen LogP contribution >= 0.6 is 11.6 Å². The summed E-state index contributed by atoms with van der Waals surface area (Å²) in [6, 6.07) is 3.19. The third-order valence-electron chi connectivity index (χ3n) is 2.29. The molecule has 3 nitrogen and oxygen atoms in total. The van der Waals surface area contributed by atoms with E-state index in [1.54, 1.807) is 7.11 Å². The first kappa shape index (κ1) is 16.1. The minimum atomic E-state index is -4.38. The van der Waals surface area contributed by atoms with Gasteiger partial charge in [0.25, 0.3) is 0 Å². The van der Waals surface area contributed by atoms with Crippen molar-refractivity contribution in [3.63, 3.8) is 0 Å². The largest absolute Gasteiger partial charge is 0.416 e. The highest BCUT2D eigenvalue weighted by Gasteiger charge is 2.30. The third-order valence-corrected chi connectivity index (χ3v) is 2.60. The fraction of sp³-hybridized carbons (Fsp3) is 0.500. The Morgan fingerprint density at radius 2 is 1.95 bits per heavy atom. The molecule has 1 N–H and O–H groups in total. The Bertz CT molecular complexity index is 399. The van der Waals surface area contributed by atoms with E-state index in [9.17, 15) is 13.2 Å². The number of ether oxygens (including phenoxy) is 2. The average Bonchev–Trinajstić information content (AvgIpc) is 2.34. The van der Waals surface area contributed by atoms with Crippen LogP contribution in [-0.2, 0) is 15.7 Å². The lowest BCUT2D eigenvalue weighted by atomic mass is 10.2. The van der Waals surface area contributed by atoms with E-state index in [4.69, 9.17) is 21.1 Å². The molecule has 1 aromatic carbocycles. The van der Waals surface area contributed by atoms with Crippen LogP contribution in [0.3, 0.4) is 0 Å². The second-order valence-electron chi connectivity index (χ2n) is 3.72. The molecular formula is C12H15ClF3NO2. The third kappa shape index (κ3) is 5.67. The van der Waals surface area contributed by atoms with Gasteiger partial charge in [-0.3, -0.25) is 0 Å². The predicted molar refractivity (Wildman–Crippen MR) is 67.6 cm³/mol. The molecule has 19 heavy (non-hydrogen) atoms. The molecule has 0 unspecified atom stereocenters. The summed E-state index contributed by atoms with van der Waals surface area (Å²) in [5.41, 5.74) is -0.315. The van der Waals surface area contributed by atoms with Crippen LogP contribution in [0.2, 0.25) is 5.02 Å². The predicted octanol–water partition coefficient (Wildman–Crippen LogP) is 3.43. The van der Waals surface area contributed by atoms with Gasteiger partial charge in [-0.15, -0.1) is 0 Å². The number of rotatable bonds is 7. The summed E-state index contributed by atoms with van der Waals surface area (Å²) in [7, 11) is 1.57. The van der Waals surface area contributed by atoms with E-state index in [0.717, 1.165) is 12.1 Å². The first-order valence-electron chi connectivity index (χ1n) is 5.62. The number of hydrogen-bond acceptors (Lipinski definition) is 3. The number of hydrogen-bond donors (Lipinski definition) is 1. The van der Waals surface area contributed by atoms with E-state index in [-0.39, 0.29) is 5.02 Å². The Balaban J connectivity index is 2.43. The molecule has 1 rings (SSSR count). The Kier molecular flexibility index (Phi) is 6.41. The van der Waals surface area contributed by atoms with Crippen LogP contribution in [-0.4, -0.2) is 33.5 Å².